The Hall–Kier alpha value is -5.36. The Kier molecular flexibility index (Phi) is 5.82. The first-order valence-electron chi connectivity index (χ1n) is 9.95. The third-order valence-corrected chi connectivity index (χ3v) is 5.17. The third kappa shape index (κ3) is 3.87. The first-order valence-corrected chi connectivity index (χ1v) is 9.95. The van der Waals surface area contributed by atoms with Crippen LogP contribution in [0.4, 0.5) is 0 Å². The molecule has 0 atom stereocenters. The van der Waals surface area contributed by atoms with Gasteiger partial charge in [-0.15, -0.1) is 0 Å². The van der Waals surface area contributed by atoms with Gasteiger partial charge in [-0.05, 0) is 24.3 Å². The fourth-order valence-corrected chi connectivity index (χ4v) is 3.66. The predicted molar refractivity (Wildman–Crippen MR) is 123 cm³/mol. The summed E-state index contributed by atoms with van der Waals surface area (Å²) in [6.45, 7) is 0. The highest BCUT2D eigenvalue weighted by molar-refractivity contribution is 5.80. The van der Waals surface area contributed by atoms with E-state index in [-0.39, 0.29) is 22.6 Å². The molecular weight excluding hydrogens is 408 g/mol. The van der Waals surface area contributed by atoms with Gasteiger partial charge in [0.05, 0.1) is 23.3 Å². The van der Waals surface area contributed by atoms with Gasteiger partial charge in [-0.2, -0.15) is 21.0 Å². The summed E-state index contributed by atoms with van der Waals surface area (Å²) in [6, 6.07) is 33.0. The van der Waals surface area contributed by atoms with Crippen molar-refractivity contribution in [3.05, 3.63) is 107 Å². The molecule has 4 rings (SSSR count). The molecule has 0 spiro atoms. The molecule has 0 saturated carbocycles. The Morgan fingerprint density at radius 2 is 0.818 bits per heavy atom. The van der Waals surface area contributed by atoms with E-state index in [4.69, 9.17) is 4.74 Å². The number of nitrogens with zero attached hydrogens (tertiary/aromatic N) is 4. The second-order valence-electron chi connectivity index (χ2n) is 7.00. The van der Waals surface area contributed by atoms with Gasteiger partial charge in [0.15, 0.2) is 0 Å². The molecule has 0 aliphatic carbocycles. The van der Waals surface area contributed by atoms with Crippen molar-refractivity contribution >= 4 is 0 Å². The van der Waals surface area contributed by atoms with Crippen LogP contribution in [0.1, 0.15) is 22.3 Å². The third-order valence-electron chi connectivity index (χ3n) is 5.17. The van der Waals surface area contributed by atoms with E-state index in [1.54, 1.807) is 84.9 Å². The normalized spacial score (nSPS) is 9.70. The largest absolute Gasteiger partial charge is 0.455 e. The molecule has 5 nitrogen and oxygen atoms in total. The molecule has 0 fully saturated rings. The Balaban J connectivity index is 1.85. The van der Waals surface area contributed by atoms with Gasteiger partial charge in [0.1, 0.15) is 34.8 Å². The maximum atomic E-state index is 9.92. The summed E-state index contributed by atoms with van der Waals surface area (Å²) in [7, 11) is 0. The molecule has 4 aromatic carbocycles. The Labute approximate surface area is 191 Å². The minimum Gasteiger partial charge on any atom is -0.455 e. The SMILES string of the molecule is N#Cc1ccccc1-c1cccc(Oc2cccc(-c3ccccc3C#N)c2C#N)c1C#N. The summed E-state index contributed by atoms with van der Waals surface area (Å²) < 4.78 is 6.08. The van der Waals surface area contributed by atoms with Crippen LogP contribution in [0.5, 0.6) is 11.5 Å². The van der Waals surface area contributed by atoms with Crippen molar-refractivity contribution in [2.24, 2.45) is 0 Å². The maximum Gasteiger partial charge on any atom is 0.145 e. The van der Waals surface area contributed by atoms with Crippen LogP contribution in [0, 0.1) is 45.3 Å². The summed E-state index contributed by atoms with van der Waals surface area (Å²) in [4.78, 5) is 0. The van der Waals surface area contributed by atoms with E-state index in [9.17, 15) is 21.0 Å². The Bertz CT molecular complexity index is 1430. The topological polar surface area (TPSA) is 104 Å². The van der Waals surface area contributed by atoms with E-state index < -0.39 is 0 Å². The number of ether oxygens (including phenoxy) is 1. The second kappa shape index (κ2) is 9.20. The molecule has 0 bridgehead atoms. The molecule has 0 aliphatic rings. The molecule has 0 radical (unpaired) electrons. The van der Waals surface area contributed by atoms with Crippen molar-refractivity contribution < 1.29 is 4.74 Å². The van der Waals surface area contributed by atoms with Crippen molar-refractivity contribution in [1.29, 1.82) is 21.0 Å². The van der Waals surface area contributed by atoms with Crippen molar-refractivity contribution in [3.8, 4) is 58.0 Å². The number of nitriles is 4. The average Bonchev–Trinajstić information content (AvgIpc) is 2.88. The van der Waals surface area contributed by atoms with E-state index >= 15 is 0 Å². The van der Waals surface area contributed by atoms with Crippen molar-refractivity contribution in [3.63, 3.8) is 0 Å². The highest BCUT2D eigenvalue weighted by Gasteiger charge is 2.18. The molecule has 0 heterocycles. The molecule has 152 valence electrons. The van der Waals surface area contributed by atoms with Gasteiger partial charge in [-0.3, -0.25) is 0 Å². The maximum absolute atomic E-state index is 9.92. The van der Waals surface area contributed by atoms with Crippen molar-refractivity contribution in [2.45, 2.75) is 0 Å². The molecule has 0 aromatic heterocycles. The number of hydrogen-bond acceptors (Lipinski definition) is 5. The predicted octanol–water partition coefficient (Wildman–Crippen LogP) is 6.30. The van der Waals surface area contributed by atoms with E-state index in [2.05, 4.69) is 24.3 Å². The molecule has 0 unspecified atom stereocenters. The van der Waals surface area contributed by atoms with Crippen LogP contribution in [-0.4, -0.2) is 0 Å². The highest BCUT2D eigenvalue weighted by atomic mass is 16.5. The van der Waals surface area contributed by atoms with E-state index in [1.807, 2.05) is 0 Å². The first-order chi connectivity index (χ1) is 16.2. The van der Waals surface area contributed by atoms with Gasteiger partial charge in [0.2, 0.25) is 0 Å². The number of benzene rings is 4. The average molecular weight is 422 g/mol. The highest BCUT2D eigenvalue weighted by Crippen LogP contribution is 2.38. The molecule has 4 aromatic rings. The van der Waals surface area contributed by atoms with E-state index in [1.165, 1.54) is 0 Å². The lowest BCUT2D eigenvalue weighted by atomic mass is 9.95. The molecule has 0 aliphatic heterocycles. The van der Waals surface area contributed by atoms with Gasteiger partial charge < -0.3 is 4.74 Å². The summed E-state index contributed by atoms with van der Waals surface area (Å²) in [5.41, 5.74) is 3.78. The molecule has 0 saturated heterocycles. The van der Waals surface area contributed by atoms with Crippen LogP contribution in [0.3, 0.4) is 0 Å². The van der Waals surface area contributed by atoms with Crippen LogP contribution >= 0.6 is 0 Å². The van der Waals surface area contributed by atoms with Gasteiger partial charge >= 0.3 is 0 Å². The monoisotopic (exact) mass is 422 g/mol. The van der Waals surface area contributed by atoms with E-state index in [0.29, 0.717) is 33.4 Å². The van der Waals surface area contributed by atoms with Crippen LogP contribution in [0.15, 0.2) is 84.9 Å². The molecule has 5 heteroatoms. The Morgan fingerprint density at radius 3 is 1.21 bits per heavy atom. The molecular formula is C28H14N4O. The first kappa shape index (κ1) is 20.9. The lowest BCUT2D eigenvalue weighted by molar-refractivity contribution is 0.480. The second-order valence-corrected chi connectivity index (χ2v) is 7.00. The minimum atomic E-state index is 0.256. The lowest BCUT2D eigenvalue weighted by Crippen LogP contribution is -1.96. The molecule has 0 N–H and O–H groups in total. The van der Waals surface area contributed by atoms with Crippen LogP contribution < -0.4 is 4.74 Å². The van der Waals surface area contributed by atoms with Crippen LogP contribution in [0.25, 0.3) is 22.3 Å². The van der Waals surface area contributed by atoms with Gasteiger partial charge in [0.25, 0.3) is 0 Å². The lowest BCUT2D eigenvalue weighted by Gasteiger charge is -2.15. The fourth-order valence-electron chi connectivity index (χ4n) is 3.66. The smallest absolute Gasteiger partial charge is 0.145 e. The minimum absolute atomic E-state index is 0.256. The van der Waals surface area contributed by atoms with E-state index in [0.717, 1.165) is 0 Å². The summed E-state index contributed by atoms with van der Waals surface area (Å²) in [5, 5.41) is 38.8. The standard InChI is InChI=1S/C28H14N4O/c29-15-19-7-1-3-9-21(19)23-11-5-13-27(25(23)17-31)33-28-14-6-12-24(26(28)18-32)22-10-4-2-8-20(22)16-30/h1-14H. The summed E-state index contributed by atoms with van der Waals surface area (Å²) in [6.07, 6.45) is 0. The molecule has 0 amide bonds. The van der Waals surface area contributed by atoms with Crippen molar-refractivity contribution in [1.82, 2.24) is 0 Å². The van der Waals surface area contributed by atoms with Gasteiger partial charge in [-0.1, -0.05) is 60.7 Å². The summed E-state index contributed by atoms with van der Waals surface area (Å²) in [5.74, 6) is 0.537. The fraction of sp³-hybridized carbons (Fsp3) is 0. The van der Waals surface area contributed by atoms with Crippen LogP contribution in [0.2, 0.25) is 0 Å². The zero-order valence-electron chi connectivity index (χ0n) is 17.3. The van der Waals surface area contributed by atoms with Gasteiger partial charge in [0, 0.05) is 22.3 Å². The van der Waals surface area contributed by atoms with Gasteiger partial charge in [-0.25, -0.2) is 0 Å². The van der Waals surface area contributed by atoms with Crippen LogP contribution in [-0.2, 0) is 0 Å². The number of rotatable bonds is 4. The number of hydrogen-bond donors (Lipinski definition) is 0. The Morgan fingerprint density at radius 1 is 0.424 bits per heavy atom. The summed E-state index contributed by atoms with van der Waals surface area (Å²) >= 11 is 0. The van der Waals surface area contributed by atoms with Crippen molar-refractivity contribution in [2.75, 3.05) is 0 Å². The molecule has 33 heavy (non-hydrogen) atoms. The zero-order valence-corrected chi connectivity index (χ0v) is 17.3. The quantitative estimate of drug-likeness (QED) is 0.384. The zero-order chi connectivity index (χ0) is 23.2.